The van der Waals surface area contributed by atoms with Gasteiger partial charge in [-0.3, -0.25) is 4.79 Å². The standard InChI is InChI=1S/C16H20N2O/c1-12-3-9-15(10-4-12)18(2)16(19)14-7-5-13(11-17)6-8-14/h3-4,9-10,13-14H,5-8H2,1-2H3/t13-,14-. The van der Waals surface area contributed by atoms with Crippen molar-refractivity contribution < 1.29 is 4.79 Å². The molecule has 1 aromatic rings. The fraction of sp³-hybridized carbons (Fsp3) is 0.500. The van der Waals surface area contributed by atoms with Gasteiger partial charge in [0.2, 0.25) is 5.91 Å². The van der Waals surface area contributed by atoms with Crippen molar-refractivity contribution in [3.05, 3.63) is 29.8 Å². The molecule has 0 saturated heterocycles. The molecule has 0 radical (unpaired) electrons. The predicted octanol–water partition coefficient (Wildman–Crippen LogP) is 3.29. The van der Waals surface area contributed by atoms with E-state index >= 15 is 0 Å². The van der Waals surface area contributed by atoms with E-state index in [0.29, 0.717) is 0 Å². The first-order chi connectivity index (χ1) is 9.11. The van der Waals surface area contributed by atoms with Gasteiger partial charge >= 0.3 is 0 Å². The van der Waals surface area contributed by atoms with Gasteiger partial charge in [0, 0.05) is 24.6 Å². The third-order valence-corrected chi connectivity index (χ3v) is 4.01. The summed E-state index contributed by atoms with van der Waals surface area (Å²) in [7, 11) is 1.84. The molecule has 100 valence electrons. The number of hydrogen-bond donors (Lipinski definition) is 0. The summed E-state index contributed by atoms with van der Waals surface area (Å²) in [4.78, 5) is 14.2. The quantitative estimate of drug-likeness (QED) is 0.815. The molecule has 0 bridgehead atoms. The number of nitrogens with zero attached hydrogens (tertiary/aromatic N) is 2. The largest absolute Gasteiger partial charge is 0.315 e. The first-order valence-corrected chi connectivity index (χ1v) is 6.85. The normalized spacial score (nSPS) is 22.6. The van der Waals surface area contributed by atoms with Crippen LogP contribution in [0.2, 0.25) is 0 Å². The molecule has 2 rings (SSSR count). The molecule has 0 heterocycles. The van der Waals surface area contributed by atoms with Crippen LogP contribution in [0.5, 0.6) is 0 Å². The summed E-state index contributed by atoms with van der Waals surface area (Å²) in [5, 5.41) is 8.88. The van der Waals surface area contributed by atoms with Gasteiger partial charge in [0.1, 0.15) is 0 Å². The van der Waals surface area contributed by atoms with E-state index in [1.807, 2.05) is 38.2 Å². The third-order valence-electron chi connectivity index (χ3n) is 4.01. The number of benzene rings is 1. The maximum atomic E-state index is 12.4. The molecule has 19 heavy (non-hydrogen) atoms. The van der Waals surface area contributed by atoms with E-state index in [1.165, 1.54) is 5.56 Å². The number of carbonyl (C=O) groups is 1. The SMILES string of the molecule is Cc1ccc(N(C)C(=O)[C@H]2CC[C@H](C#N)CC2)cc1. The minimum Gasteiger partial charge on any atom is -0.315 e. The highest BCUT2D eigenvalue weighted by Crippen LogP contribution is 2.30. The summed E-state index contributed by atoms with van der Waals surface area (Å²) < 4.78 is 0. The maximum Gasteiger partial charge on any atom is 0.229 e. The Labute approximate surface area is 114 Å². The van der Waals surface area contributed by atoms with Gasteiger partial charge in [-0.15, -0.1) is 0 Å². The van der Waals surface area contributed by atoms with Crippen molar-refractivity contribution in [2.45, 2.75) is 32.6 Å². The molecule has 0 unspecified atom stereocenters. The third kappa shape index (κ3) is 3.14. The lowest BCUT2D eigenvalue weighted by atomic mass is 9.82. The monoisotopic (exact) mass is 256 g/mol. The second-order valence-corrected chi connectivity index (χ2v) is 5.41. The minimum absolute atomic E-state index is 0.0795. The Hall–Kier alpha value is -1.82. The summed E-state index contributed by atoms with van der Waals surface area (Å²) >= 11 is 0. The number of carbonyl (C=O) groups excluding carboxylic acids is 1. The molecule has 1 amide bonds. The molecule has 0 aromatic heterocycles. The van der Waals surface area contributed by atoms with E-state index in [2.05, 4.69) is 6.07 Å². The van der Waals surface area contributed by atoms with Crippen LogP contribution in [0.25, 0.3) is 0 Å². The molecule has 0 N–H and O–H groups in total. The van der Waals surface area contributed by atoms with Crippen LogP contribution >= 0.6 is 0 Å². The molecule has 1 aromatic carbocycles. The van der Waals surface area contributed by atoms with E-state index in [1.54, 1.807) is 4.90 Å². The van der Waals surface area contributed by atoms with Crippen LogP contribution in [0, 0.1) is 30.1 Å². The van der Waals surface area contributed by atoms with Crippen molar-refractivity contribution in [3.8, 4) is 6.07 Å². The summed E-state index contributed by atoms with van der Waals surface area (Å²) in [5.74, 6) is 0.407. The second kappa shape index (κ2) is 5.88. The topological polar surface area (TPSA) is 44.1 Å². The van der Waals surface area contributed by atoms with Gasteiger partial charge in [-0.2, -0.15) is 5.26 Å². The Morgan fingerprint density at radius 1 is 1.21 bits per heavy atom. The molecule has 1 aliphatic carbocycles. The highest BCUT2D eigenvalue weighted by Gasteiger charge is 2.28. The van der Waals surface area contributed by atoms with E-state index in [0.717, 1.165) is 31.4 Å². The first-order valence-electron chi connectivity index (χ1n) is 6.85. The summed E-state index contributed by atoms with van der Waals surface area (Å²) in [6.45, 7) is 2.04. The van der Waals surface area contributed by atoms with Crippen LogP contribution < -0.4 is 4.90 Å². The van der Waals surface area contributed by atoms with E-state index in [9.17, 15) is 4.79 Å². The number of aryl methyl sites for hydroxylation is 1. The van der Waals surface area contributed by atoms with Crippen molar-refractivity contribution >= 4 is 11.6 Å². The minimum atomic E-state index is 0.0795. The van der Waals surface area contributed by atoms with E-state index in [-0.39, 0.29) is 17.7 Å². The lowest BCUT2D eigenvalue weighted by Gasteiger charge is -2.28. The molecule has 3 nitrogen and oxygen atoms in total. The number of hydrogen-bond acceptors (Lipinski definition) is 2. The number of anilines is 1. The fourth-order valence-electron chi connectivity index (χ4n) is 2.64. The summed E-state index contributed by atoms with van der Waals surface area (Å²) in [6, 6.07) is 10.3. The first kappa shape index (κ1) is 13.6. The van der Waals surface area contributed by atoms with Crippen molar-refractivity contribution in [1.82, 2.24) is 0 Å². The van der Waals surface area contributed by atoms with Gasteiger partial charge in [-0.05, 0) is 44.7 Å². The van der Waals surface area contributed by atoms with Gasteiger partial charge < -0.3 is 4.90 Å². The van der Waals surface area contributed by atoms with Crippen molar-refractivity contribution in [2.24, 2.45) is 11.8 Å². The van der Waals surface area contributed by atoms with Crippen LogP contribution in [0.4, 0.5) is 5.69 Å². The van der Waals surface area contributed by atoms with Gasteiger partial charge in [-0.1, -0.05) is 17.7 Å². The average Bonchev–Trinajstić information content (AvgIpc) is 2.46. The summed E-state index contributed by atoms with van der Waals surface area (Å²) in [6.07, 6.45) is 3.39. The molecule has 1 aliphatic rings. The second-order valence-electron chi connectivity index (χ2n) is 5.41. The van der Waals surface area contributed by atoms with Gasteiger partial charge in [0.25, 0.3) is 0 Å². The number of rotatable bonds is 2. The van der Waals surface area contributed by atoms with Crippen molar-refractivity contribution in [3.63, 3.8) is 0 Å². The maximum absolute atomic E-state index is 12.4. The van der Waals surface area contributed by atoms with Crippen molar-refractivity contribution in [2.75, 3.05) is 11.9 Å². The molecule has 3 heteroatoms. The Morgan fingerprint density at radius 3 is 2.32 bits per heavy atom. The highest BCUT2D eigenvalue weighted by molar-refractivity contribution is 5.94. The lowest BCUT2D eigenvalue weighted by molar-refractivity contribution is -0.123. The smallest absolute Gasteiger partial charge is 0.229 e. The highest BCUT2D eigenvalue weighted by atomic mass is 16.2. The molecule has 0 aliphatic heterocycles. The van der Waals surface area contributed by atoms with Crippen LogP contribution in [-0.4, -0.2) is 13.0 Å². The van der Waals surface area contributed by atoms with Crippen LogP contribution in [-0.2, 0) is 4.79 Å². The molecule has 1 saturated carbocycles. The fourth-order valence-corrected chi connectivity index (χ4v) is 2.64. The Balaban J connectivity index is 2.00. The van der Waals surface area contributed by atoms with Crippen molar-refractivity contribution in [1.29, 1.82) is 5.26 Å². The Morgan fingerprint density at radius 2 is 1.79 bits per heavy atom. The van der Waals surface area contributed by atoms with Crippen LogP contribution in [0.1, 0.15) is 31.2 Å². The van der Waals surface area contributed by atoms with E-state index < -0.39 is 0 Å². The Kier molecular flexibility index (Phi) is 4.21. The lowest BCUT2D eigenvalue weighted by Crippen LogP contribution is -2.34. The summed E-state index contributed by atoms with van der Waals surface area (Å²) in [5.41, 5.74) is 2.14. The van der Waals surface area contributed by atoms with E-state index in [4.69, 9.17) is 5.26 Å². The van der Waals surface area contributed by atoms with Gasteiger partial charge in [0.15, 0.2) is 0 Å². The zero-order valence-electron chi connectivity index (χ0n) is 11.6. The predicted molar refractivity (Wildman–Crippen MR) is 75.7 cm³/mol. The molecule has 0 spiro atoms. The number of amides is 1. The molecular weight excluding hydrogens is 236 g/mol. The molecular formula is C16H20N2O. The molecule has 0 atom stereocenters. The molecule has 1 fully saturated rings. The Bertz CT molecular complexity index is 478. The van der Waals surface area contributed by atoms with Gasteiger partial charge in [-0.25, -0.2) is 0 Å². The van der Waals surface area contributed by atoms with Gasteiger partial charge in [0.05, 0.1) is 6.07 Å². The van der Waals surface area contributed by atoms with Crippen LogP contribution in [0.15, 0.2) is 24.3 Å². The number of nitriles is 1. The zero-order chi connectivity index (χ0) is 13.8. The zero-order valence-corrected chi connectivity index (χ0v) is 11.6. The average molecular weight is 256 g/mol. The van der Waals surface area contributed by atoms with Crippen LogP contribution in [0.3, 0.4) is 0 Å².